The second-order valence-corrected chi connectivity index (χ2v) is 3.87. The topological polar surface area (TPSA) is 51.0 Å². The number of rotatable bonds is 2. The van der Waals surface area contributed by atoms with Crippen LogP contribution in [0.5, 0.6) is 0 Å². The van der Waals surface area contributed by atoms with Gasteiger partial charge in [-0.3, -0.25) is 0 Å². The molecule has 80 valence electrons. The zero-order chi connectivity index (χ0) is 11.0. The fraction of sp³-hybridized carbons (Fsp3) is 0.333. The summed E-state index contributed by atoms with van der Waals surface area (Å²) in [6.45, 7) is 4.75. The van der Waals surface area contributed by atoms with E-state index >= 15 is 0 Å². The van der Waals surface area contributed by atoms with Crippen LogP contribution in [0.15, 0.2) is 12.1 Å². The number of ether oxygens (including phenoxy) is 1. The van der Waals surface area contributed by atoms with Gasteiger partial charge >= 0.3 is 0 Å². The molecule has 0 saturated carbocycles. The smallest absolute Gasteiger partial charge is 0.0733 e. The van der Waals surface area contributed by atoms with Crippen molar-refractivity contribution in [2.24, 2.45) is 0 Å². The van der Waals surface area contributed by atoms with Crippen molar-refractivity contribution in [3.8, 4) is 0 Å². The largest absolute Gasteiger partial charge is 0.398 e. The molecule has 0 aliphatic rings. The summed E-state index contributed by atoms with van der Waals surface area (Å²) in [7, 11) is 1.70. The number of hydrogen-bond acceptors (Lipinski definition) is 2. The minimum atomic E-state index is 0.607. The molecule has 3 N–H and O–H groups in total. The molecule has 3 heteroatoms. The third kappa shape index (κ3) is 1.49. The minimum Gasteiger partial charge on any atom is -0.398 e. The van der Waals surface area contributed by atoms with Crippen LogP contribution in [0, 0.1) is 13.8 Å². The summed E-state index contributed by atoms with van der Waals surface area (Å²) < 4.78 is 5.16. The molecule has 0 fully saturated rings. The van der Waals surface area contributed by atoms with Crippen molar-refractivity contribution in [1.82, 2.24) is 4.98 Å². The van der Waals surface area contributed by atoms with Crippen molar-refractivity contribution in [2.75, 3.05) is 12.8 Å². The number of fused-ring (bicyclic) bond motifs is 1. The summed E-state index contributed by atoms with van der Waals surface area (Å²) in [4.78, 5) is 3.36. The molecule has 0 aliphatic heterocycles. The fourth-order valence-electron chi connectivity index (χ4n) is 1.95. The Bertz CT molecular complexity index is 500. The number of hydrogen-bond donors (Lipinski definition) is 2. The Morgan fingerprint density at radius 2 is 2.07 bits per heavy atom. The number of aromatic nitrogens is 1. The third-order valence-electron chi connectivity index (χ3n) is 2.87. The quantitative estimate of drug-likeness (QED) is 0.738. The highest BCUT2D eigenvalue weighted by Crippen LogP contribution is 2.29. The summed E-state index contributed by atoms with van der Waals surface area (Å²) in [5.74, 6) is 0. The van der Waals surface area contributed by atoms with Gasteiger partial charge in [-0.05, 0) is 25.5 Å². The number of methoxy groups -OCH3 is 1. The van der Waals surface area contributed by atoms with E-state index in [1.54, 1.807) is 7.11 Å². The Morgan fingerprint density at radius 1 is 1.33 bits per heavy atom. The maximum absolute atomic E-state index is 5.97. The number of nitrogens with one attached hydrogen (secondary N) is 1. The van der Waals surface area contributed by atoms with E-state index in [1.165, 1.54) is 11.3 Å². The van der Waals surface area contributed by atoms with E-state index in [9.17, 15) is 0 Å². The number of nitrogens with two attached hydrogens (primary N) is 1. The van der Waals surface area contributed by atoms with Gasteiger partial charge < -0.3 is 15.5 Å². The molecule has 1 heterocycles. The van der Waals surface area contributed by atoms with Gasteiger partial charge in [-0.25, -0.2) is 0 Å². The number of nitrogen functional groups attached to an aromatic ring is 1. The number of aromatic amines is 1. The Labute approximate surface area is 89.2 Å². The van der Waals surface area contributed by atoms with Crippen LogP contribution in [0.3, 0.4) is 0 Å². The van der Waals surface area contributed by atoms with Gasteiger partial charge in [0.15, 0.2) is 0 Å². The first-order chi connectivity index (χ1) is 7.15. The first-order valence-corrected chi connectivity index (χ1v) is 5.00. The Hall–Kier alpha value is -1.48. The standard InChI is InChI=1S/C12H16N2O/c1-7-8(2)14-12-9(6-15-3)4-5-10(13)11(7)12/h4-5,14H,6,13H2,1-3H3. The molecular formula is C12H16N2O. The van der Waals surface area contributed by atoms with Gasteiger partial charge in [0.2, 0.25) is 0 Å². The molecule has 0 aliphatic carbocycles. The molecule has 0 unspecified atom stereocenters. The third-order valence-corrected chi connectivity index (χ3v) is 2.87. The molecule has 1 aromatic carbocycles. The number of benzene rings is 1. The number of anilines is 1. The number of H-pyrrole nitrogens is 1. The lowest BCUT2D eigenvalue weighted by Gasteiger charge is -2.04. The zero-order valence-electron chi connectivity index (χ0n) is 9.35. The lowest BCUT2D eigenvalue weighted by molar-refractivity contribution is 0.186. The van der Waals surface area contributed by atoms with Gasteiger partial charge in [0, 0.05) is 29.4 Å². The van der Waals surface area contributed by atoms with Gasteiger partial charge in [-0.1, -0.05) is 6.07 Å². The molecule has 2 rings (SSSR count). The highest BCUT2D eigenvalue weighted by Gasteiger charge is 2.10. The van der Waals surface area contributed by atoms with Gasteiger partial charge in [0.05, 0.1) is 12.1 Å². The van der Waals surface area contributed by atoms with E-state index in [-0.39, 0.29) is 0 Å². The lowest BCUT2D eigenvalue weighted by Crippen LogP contribution is -1.92. The molecule has 0 bridgehead atoms. The second kappa shape index (κ2) is 3.59. The van der Waals surface area contributed by atoms with Crippen LogP contribution in [0.4, 0.5) is 5.69 Å². The van der Waals surface area contributed by atoms with Crippen LogP contribution in [0.2, 0.25) is 0 Å². The molecule has 3 nitrogen and oxygen atoms in total. The van der Waals surface area contributed by atoms with E-state index in [0.717, 1.165) is 22.2 Å². The monoisotopic (exact) mass is 204 g/mol. The molecular weight excluding hydrogens is 188 g/mol. The van der Waals surface area contributed by atoms with Crippen molar-refractivity contribution in [3.63, 3.8) is 0 Å². The average Bonchev–Trinajstić information content (AvgIpc) is 2.50. The molecule has 0 atom stereocenters. The summed E-state index contributed by atoms with van der Waals surface area (Å²) in [5, 5.41) is 1.13. The van der Waals surface area contributed by atoms with E-state index < -0.39 is 0 Å². The predicted molar refractivity (Wildman–Crippen MR) is 62.9 cm³/mol. The van der Waals surface area contributed by atoms with Crippen LogP contribution in [-0.4, -0.2) is 12.1 Å². The molecule has 1 aromatic heterocycles. The van der Waals surface area contributed by atoms with Crippen LogP contribution >= 0.6 is 0 Å². The van der Waals surface area contributed by atoms with E-state index in [0.29, 0.717) is 6.61 Å². The zero-order valence-corrected chi connectivity index (χ0v) is 9.35. The molecule has 0 spiro atoms. The maximum atomic E-state index is 5.97. The second-order valence-electron chi connectivity index (χ2n) is 3.87. The Morgan fingerprint density at radius 3 is 2.73 bits per heavy atom. The maximum Gasteiger partial charge on any atom is 0.0733 e. The van der Waals surface area contributed by atoms with Gasteiger partial charge in [-0.2, -0.15) is 0 Å². The van der Waals surface area contributed by atoms with Crippen molar-refractivity contribution in [2.45, 2.75) is 20.5 Å². The molecule has 2 aromatic rings. The fourth-order valence-corrected chi connectivity index (χ4v) is 1.95. The lowest BCUT2D eigenvalue weighted by atomic mass is 10.1. The molecule has 0 radical (unpaired) electrons. The van der Waals surface area contributed by atoms with E-state index in [4.69, 9.17) is 10.5 Å². The van der Waals surface area contributed by atoms with Gasteiger partial charge in [-0.15, -0.1) is 0 Å². The highest BCUT2D eigenvalue weighted by molar-refractivity contribution is 5.96. The minimum absolute atomic E-state index is 0.607. The normalized spacial score (nSPS) is 11.1. The summed E-state index contributed by atoms with van der Waals surface area (Å²) in [6.07, 6.45) is 0. The molecule has 15 heavy (non-hydrogen) atoms. The van der Waals surface area contributed by atoms with Crippen LogP contribution in [0.25, 0.3) is 10.9 Å². The summed E-state index contributed by atoms with van der Waals surface area (Å²) in [6, 6.07) is 3.95. The van der Waals surface area contributed by atoms with Gasteiger partial charge in [0.1, 0.15) is 0 Å². The number of aryl methyl sites for hydroxylation is 2. The average molecular weight is 204 g/mol. The van der Waals surface area contributed by atoms with Crippen LogP contribution in [0.1, 0.15) is 16.8 Å². The first kappa shape index (κ1) is 10.1. The van der Waals surface area contributed by atoms with Gasteiger partial charge in [0.25, 0.3) is 0 Å². The van der Waals surface area contributed by atoms with Crippen molar-refractivity contribution in [1.29, 1.82) is 0 Å². The van der Waals surface area contributed by atoms with E-state index in [2.05, 4.69) is 18.8 Å². The Kier molecular flexibility index (Phi) is 2.40. The molecule has 0 amide bonds. The van der Waals surface area contributed by atoms with Crippen LogP contribution in [-0.2, 0) is 11.3 Å². The predicted octanol–water partition coefficient (Wildman–Crippen LogP) is 2.51. The summed E-state index contributed by atoms with van der Waals surface area (Å²) in [5.41, 5.74) is 11.4. The van der Waals surface area contributed by atoms with Crippen molar-refractivity contribution < 1.29 is 4.74 Å². The Balaban J connectivity index is 2.76. The summed E-state index contributed by atoms with van der Waals surface area (Å²) >= 11 is 0. The molecule has 0 saturated heterocycles. The van der Waals surface area contributed by atoms with E-state index in [1.807, 2.05) is 12.1 Å². The van der Waals surface area contributed by atoms with Crippen LogP contribution < -0.4 is 5.73 Å². The van der Waals surface area contributed by atoms with Crippen molar-refractivity contribution >= 4 is 16.6 Å². The highest BCUT2D eigenvalue weighted by atomic mass is 16.5. The van der Waals surface area contributed by atoms with Crippen molar-refractivity contribution in [3.05, 3.63) is 29.0 Å². The SMILES string of the molecule is COCc1ccc(N)c2c(C)c(C)[nH]c12. The first-order valence-electron chi connectivity index (χ1n) is 5.00.